The van der Waals surface area contributed by atoms with Gasteiger partial charge < -0.3 is 5.11 Å². The quantitative estimate of drug-likeness (QED) is 0.714. The Morgan fingerprint density at radius 2 is 1.81 bits per heavy atom. The van der Waals surface area contributed by atoms with E-state index in [0.717, 1.165) is 18.3 Å². The van der Waals surface area contributed by atoms with Crippen molar-refractivity contribution in [2.24, 2.45) is 23.2 Å². The number of hydrogen-bond acceptors (Lipinski definition) is 1. The van der Waals surface area contributed by atoms with Gasteiger partial charge in [-0.25, -0.2) is 0 Å². The van der Waals surface area contributed by atoms with Crippen molar-refractivity contribution in [1.29, 1.82) is 0 Å². The molecule has 0 aliphatic heterocycles. The van der Waals surface area contributed by atoms with Crippen molar-refractivity contribution >= 4 is 0 Å². The summed E-state index contributed by atoms with van der Waals surface area (Å²) in [5.74, 6) is 2.15. The zero-order valence-corrected chi connectivity index (χ0v) is 11.4. The maximum atomic E-state index is 10.6. The molecule has 0 unspecified atom stereocenters. The molecule has 2 aliphatic carbocycles. The molecular formula is C15H28O. The summed E-state index contributed by atoms with van der Waals surface area (Å²) in [6.07, 6.45) is 7.52. The predicted octanol–water partition coefficient (Wildman–Crippen LogP) is 4.00. The molecule has 0 aromatic heterocycles. The number of hydrogen-bond donors (Lipinski definition) is 1. The third-order valence-electron chi connectivity index (χ3n) is 5.59. The third kappa shape index (κ3) is 2.03. The van der Waals surface area contributed by atoms with E-state index in [1.807, 2.05) is 0 Å². The standard InChI is InChI=1S/C15H28O/c1-11(2)12-6-9-14(3)7-5-8-15(4,16)13(14)10-12/h11-13,16H,5-10H2,1-4H3/t12-,13+,14+,15+/m0/s1. The van der Waals surface area contributed by atoms with Gasteiger partial charge in [-0.3, -0.25) is 0 Å². The molecule has 16 heavy (non-hydrogen) atoms. The second-order valence-electron chi connectivity index (χ2n) is 7.20. The van der Waals surface area contributed by atoms with Crippen LogP contribution in [-0.2, 0) is 0 Å². The van der Waals surface area contributed by atoms with Crippen LogP contribution in [0.15, 0.2) is 0 Å². The average Bonchev–Trinajstić information content (AvgIpc) is 2.15. The minimum Gasteiger partial charge on any atom is -0.390 e. The summed E-state index contributed by atoms with van der Waals surface area (Å²) >= 11 is 0. The Bertz CT molecular complexity index is 256. The molecule has 2 aliphatic rings. The molecule has 0 amide bonds. The second-order valence-corrected chi connectivity index (χ2v) is 7.20. The first-order valence-electron chi connectivity index (χ1n) is 7.07. The molecule has 2 saturated carbocycles. The maximum Gasteiger partial charge on any atom is 0.0653 e. The van der Waals surface area contributed by atoms with E-state index in [-0.39, 0.29) is 0 Å². The number of aliphatic hydroxyl groups is 1. The van der Waals surface area contributed by atoms with Gasteiger partial charge in [0.05, 0.1) is 5.60 Å². The summed E-state index contributed by atoms with van der Waals surface area (Å²) in [5.41, 5.74) is 0.0215. The molecule has 0 spiro atoms. The zero-order chi connectivity index (χ0) is 12.0. The van der Waals surface area contributed by atoms with Gasteiger partial charge in [0.1, 0.15) is 0 Å². The molecule has 1 N–H and O–H groups in total. The van der Waals surface area contributed by atoms with Crippen LogP contribution in [0.1, 0.15) is 66.2 Å². The highest BCUT2D eigenvalue weighted by molar-refractivity contribution is 5.01. The smallest absolute Gasteiger partial charge is 0.0653 e. The third-order valence-corrected chi connectivity index (χ3v) is 5.59. The van der Waals surface area contributed by atoms with Crippen LogP contribution >= 0.6 is 0 Å². The van der Waals surface area contributed by atoms with Crippen LogP contribution in [0.4, 0.5) is 0 Å². The fourth-order valence-corrected chi connectivity index (χ4v) is 4.33. The molecule has 2 fully saturated rings. The van der Waals surface area contributed by atoms with Gasteiger partial charge in [-0.1, -0.05) is 27.2 Å². The molecule has 2 rings (SSSR count). The summed E-state index contributed by atoms with van der Waals surface area (Å²) in [7, 11) is 0. The predicted molar refractivity (Wildman–Crippen MR) is 68.3 cm³/mol. The molecule has 0 heterocycles. The van der Waals surface area contributed by atoms with Crippen LogP contribution in [0.25, 0.3) is 0 Å². The highest BCUT2D eigenvalue weighted by Gasteiger charge is 2.50. The van der Waals surface area contributed by atoms with Crippen LogP contribution in [0.3, 0.4) is 0 Å². The van der Waals surface area contributed by atoms with Crippen LogP contribution < -0.4 is 0 Å². The topological polar surface area (TPSA) is 20.2 Å². The minimum atomic E-state index is -0.402. The lowest BCUT2D eigenvalue weighted by Gasteiger charge is -2.54. The molecule has 94 valence electrons. The van der Waals surface area contributed by atoms with Crippen molar-refractivity contribution in [2.45, 2.75) is 71.8 Å². The van der Waals surface area contributed by atoms with Crippen molar-refractivity contribution in [1.82, 2.24) is 0 Å². The lowest BCUT2D eigenvalue weighted by atomic mass is 9.53. The van der Waals surface area contributed by atoms with E-state index in [4.69, 9.17) is 0 Å². The first kappa shape index (κ1) is 12.4. The first-order chi connectivity index (χ1) is 7.35. The normalized spacial score (nSPS) is 49.1. The van der Waals surface area contributed by atoms with Crippen LogP contribution in [-0.4, -0.2) is 10.7 Å². The van der Waals surface area contributed by atoms with E-state index in [9.17, 15) is 5.11 Å². The van der Waals surface area contributed by atoms with Crippen molar-refractivity contribution in [3.05, 3.63) is 0 Å². The maximum absolute atomic E-state index is 10.6. The summed E-state index contributed by atoms with van der Waals surface area (Å²) in [6.45, 7) is 9.18. The van der Waals surface area contributed by atoms with Gasteiger partial charge in [0.25, 0.3) is 0 Å². The van der Waals surface area contributed by atoms with Gasteiger partial charge in [-0.2, -0.15) is 0 Å². The Balaban J connectivity index is 2.18. The van der Waals surface area contributed by atoms with Crippen molar-refractivity contribution in [3.63, 3.8) is 0 Å². The van der Waals surface area contributed by atoms with Gasteiger partial charge in [0.2, 0.25) is 0 Å². The Labute approximate surface area is 101 Å². The van der Waals surface area contributed by atoms with Gasteiger partial charge in [-0.15, -0.1) is 0 Å². The molecule has 0 aromatic carbocycles. The van der Waals surface area contributed by atoms with Crippen molar-refractivity contribution < 1.29 is 5.11 Å². The Kier molecular flexibility index (Phi) is 3.11. The summed E-state index contributed by atoms with van der Waals surface area (Å²) in [4.78, 5) is 0. The van der Waals surface area contributed by atoms with Gasteiger partial charge in [0, 0.05) is 0 Å². The van der Waals surface area contributed by atoms with E-state index in [1.165, 1.54) is 32.1 Å². The van der Waals surface area contributed by atoms with E-state index < -0.39 is 5.60 Å². The highest BCUT2D eigenvalue weighted by Crippen LogP contribution is 2.56. The van der Waals surface area contributed by atoms with Crippen LogP contribution in [0.2, 0.25) is 0 Å². The Hall–Kier alpha value is -0.0400. The highest BCUT2D eigenvalue weighted by atomic mass is 16.3. The number of fused-ring (bicyclic) bond motifs is 1. The minimum absolute atomic E-state index is 0.402. The molecule has 0 saturated heterocycles. The van der Waals surface area contributed by atoms with Crippen molar-refractivity contribution in [2.75, 3.05) is 0 Å². The van der Waals surface area contributed by atoms with Crippen LogP contribution in [0, 0.1) is 23.2 Å². The van der Waals surface area contributed by atoms with Gasteiger partial charge >= 0.3 is 0 Å². The monoisotopic (exact) mass is 224 g/mol. The second kappa shape index (κ2) is 4.01. The summed E-state index contributed by atoms with van der Waals surface area (Å²) < 4.78 is 0. The fourth-order valence-electron chi connectivity index (χ4n) is 4.33. The molecule has 1 nitrogen and oxygen atoms in total. The first-order valence-corrected chi connectivity index (χ1v) is 7.07. The van der Waals surface area contributed by atoms with E-state index >= 15 is 0 Å². The summed E-state index contributed by atoms with van der Waals surface area (Å²) in [6, 6.07) is 0. The molecule has 0 aromatic rings. The molecule has 1 heteroatoms. The SMILES string of the molecule is CC(C)[C@H]1CC[C@@]2(C)CCC[C@@](C)(O)[C@@H]2C1. The number of rotatable bonds is 1. The zero-order valence-electron chi connectivity index (χ0n) is 11.4. The molecular weight excluding hydrogens is 196 g/mol. The Morgan fingerprint density at radius 1 is 1.12 bits per heavy atom. The van der Waals surface area contributed by atoms with E-state index in [2.05, 4.69) is 27.7 Å². The lowest BCUT2D eigenvalue weighted by Crippen LogP contribution is -2.51. The van der Waals surface area contributed by atoms with E-state index in [0.29, 0.717) is 11.3 Å². The van der Waals surface area contributed by atoms with Crippen LogP contribution in [0.5, 0.6) is 0 Å². The average molecular weight is 224 g/mol. The lowest BCUT2D eigenvalue weighted by molar-refractivity contribution is -0.126. The Morgan fingerprint density at radius 3 is 2.44 bits per heavy atom. The largest absolute Gasteiger partial charge is 0.390 e. The molecule has 0 bridgehead atoms. The summed E-state index contributed by atoms with van der Waals surface area (Å²) in [5, 5.41) is 10.6. The fraction of sp³-hybridized carbons (Fsp3) is 1.00. The molecule has 4 atom stereocenters. The van der Waals surface area contributed by atoms with Crippen molar-refractivity contribution in [3.8, 4) is 0 Å². The van der Waals surface area contributed by atoms with Gasteiger partial charge in [-0.05, 0) is 62.2 Å². The van der Waals surface area contributed by atoms with Gasteiger partial charge in [0.15, 0.2) is 0 Å². The molecule has 0 radical (unpaired) electrons. The van der Waals surface area contributed by atoms with E-state index in [1.54, 1.807) is 0 Å².